The van der Waals surface area contributed by atoms with Gasteiger partial charge in [-0.1, -0.05) is 24.3 Å². The summed E-state index contributed by atoms with van der Waals surface area (Å²) in [4.78, 5) is 23.7. The van der Waals surface area contributed by atoms with Gasteiger partial charge in [0.1, 0.15) is 28.7 Å². The van der Waals surface area contributed by atoms with Crippen molar-refractivity contribution in [1.82, 2.24) is 5.32 Å². The Balaban J connectivity index is 1.60. The molecule has 3 amide bonds. The van der Waals surface area contributed by atoms with Crippen molar-refractivity contribution in [3.8, 4) is 11.5 Å². The van der Waals surface area contributed by atoms with E-state index in [2.05, 4.69) is 5.32 Å². The Morgan fingerprint density at radius 1 is 0.741 bits per heavy atom. The molecule has 0 bridgehead atoms. The minimum Gasteiger partial charge on any atom is -0.457 e. The van der Waals surface area contributed by atoms with Crippen molar-refractivity contribution in [1.29, 1.82) is 0 Å². The summed E-state index contributed by atoms with van der Waals surface area (Å²) < 4.78 is 32.7. The van der Waals surface area contributed by atoms with Gasteiger partial charge in [-0.2, -0.15) is 0 Å². The highest BCUT2D eigenvalue weighted by Crippen LogP contribution is 2.22. The average Bonchev–Trinajstić information content (AvgIpc) is 2.64. The number of carbonyl (C=O) groups is 2. The summed E-state index contributed by atoms with van der Waals surface area (Å²) in [6.07, 6.45) is 0. The number of imide groups is 1. The molecule has 0 aromatic heterocycles. The third-order valence-electron chi connectivity index (χ3n) is 3.51. The predicted octanol–water partition coefficient (Wildman–Crippen LogP) is 4.72. The van der Waals surface area contributed by atoms with Gasteiger partial charge in [-0.3, -0.25) is 10.1 Å². The van der Waals surface area contributed by atoms with Crippen LogP contribution in [0.1, 0.15) is 10.4 Å². The molecule has 0 aliphatic rings. The van der Waals surface area contributed by atoms with Crippen molar-refractivity contribution in [2.24, 2.45) is 0 Å². The first-order chi connectivity index (χ1) is 13.0. The van der Waals surface area contributed by atoms with E-state index in [1.807, 2.05) is 23.5 Å². The van der Waals surface area contributed by atoms with Crippen LogP contribution >= 0.6 is 0 Å². The van der Waals surface area contributed by atoms with Gasteiger partial charge in [0.05, 0.1) is 0 Å². The molecule has 0 spiro atoms. The molecular weight excluding hydrogens is 354 g/mol. The Bertz CT molecular complexity index is 940. The lowest BCUT2D eigenvalue weighted by Gasteiger charge is -2.09. The number of para-hydroxylation sites is 1. The Labute approximate surface area is 153 Å². The first kappa shape index (κ1) is 18.1. The maximum atomic E-state index is 13.6. The highest BCUT2D eigenvalue weighted by Gasteiger charge is 2.19. The van der Waals surface area contributed by atoms with Gasteiger partial charge in [0.2, 0.25) is 0 Å². The van der Waals surface area contributed by atoms with Crippen molar-refractivity contribution in [2.75, 3.05) is 5.32 Å². The fourth-order valence-corrected chi connectivity index (χ4v) is 2.27. The number of carbonyl (C=O) groups excluding carboxylic acids is 2. The van der Waals surface area contributed by atoms with Gasteiger partial charge >= 0.3 is 6.03 Å². The molecule has 0 aliphatic heterocycles. The smallest absolute Gasteiger partial charge is 0.326 e. The number of amides is 3. The van der Waals surface area contributed by atoms with E-state index in [1.165, 1.54) is 0 Å². The summed E-state index contributed by atoms with van der Waals surface area (Å²) in [5, 5.41) is 4.28. The van der Waals surface area contributed by atoms with E-state index < -0.39 is 29.1 Å². The van der Waals surface area contributed by atoms with Gasteiger partial charge in [0.15, 0.2) is 0 Å². The van der Waals surface area contributed by atoms with Crippen LogP contribution in [0.3, 0.4) is 0 Å². The number of urea groups is 1. The minimum atomic E-state index is -1.17. The number of ether oxygens (including phenoxy) is 1. The molecule has 3 aromatic carbocycles. The van der Waals surface area contributed by atoms with Gasteiger partial charge in [-0.25, -0.2) is 13.6 Å². The summed E-state index contributed by atoms with van der Waals surface area (Å²) in [5.41, 5.74) is -0.450. The van der Waals surface area contributed by atoms with Crippen LogP contribution in [0, 0.1) is 11.6 Å². The minimum absolute atomic E-state index is 0.370. The lowest BCUT2D eigenvalue weighted by Crippen LogP contribution is -2.35. The summed E-state index contributed by atoms with van der Waals surface area (Å²) in [6.45, 7) is 0. The van der Waals surface area contributed by atoms with Crippen molar-refractivity contribution in [3.63, 3.8) is 0 Å². The molecule has 27 heavy (non-hydrogen) atoms. The van der Waals surface area contributed by atoms with E-state index in [0.29, 0.717) is 17.2 Å². The summed E-state index contributed by atoms with van der Waals surface area (Å²) in [5.74, 6) is -2.07. The molecule has 0 saturated carbocycles. The molecule has 3 rings (SSSR count). The predicted molar refractivity (Wildman–Crippen MR) is 95.8 cm³/mol. The molecule has 0 fully saturated rings. The number of nitrogens with one attached hydrogen (secondary N) is 2. The molecule has 0 heterocycles. The molecular formula is C20H14F2N2O3. The zero-order chi connectivity index (χ0) is 19.2. The third-order valence-corrected chi connectivity index (χ3v) is 3.51. The Morgan fingerprint density at radius 3 is 1.96 bits per heavy atom. The van der Waals surface area contributed by atoms with Crippen LogP contribution in [0.15, 0.2) is 72.8 Å². The van der Waals surface area contributed by atoms with Crippen LogP contribution < -0.4 is 15.4 Å². The maximum Gasteiger partial charge on any atom is 0.326 e. The van der Waals surface area contributed by atoms with Crippen LogP contribution in [0.4, 0.5) is 19.3 Å². The van der Waals surface area contributed by atoms with Gasteiger partial charge in [-0.15, -0.1) is 0 Å². The molecule has 5 nitrogen and oxygen atoms in total. The molecule has 7 heteroatoms. The van der Waals surface area contributed by atoms with E-state index in [4.69, 9.17) is 4.74 Å². The summed E-state index contributed by atoms with van der Waals surface area (Å²) in [6, 6.07) is 17.6. The molecule has 0 atom stereocenters. The highest BCUT2D eigenvalue weighted by molar-refractivity contribution is 6.08. The highest BCUT2D eigenvalue weighted by atomic mass is 19.1. The first-order valence-electron chi connectivity index (χ1n) is 7.92. The largest absolute Gasteiger partial charge is 0.457 e. The van der Waals surface area contributed by atoms with Crippen molar-refractivity contribution >= 4 is 17.6 Å². The third kappa shape index (κ3) is 4.66. The van der Waals surface area contributed by atoms with E-state index in [-0.39, 0.29) is 0 Å². The quantitative estimate of drug-likeness (QED) is 0.700. The molecule has 3 aromatic rings. The Hall–Kier alpha value is -3.74. The normalized spacial score (nSPS) is 10.1. The second-order valence-electron chi connectivity index (χ2n) is 5.44. The van der Waals surface area contributed by atoms with Gasteiger partial charge in [0.25, 0.3) is 5.91 Å². The number of benzene rings is 3. The number of anilines is 1. The Morgan fingerprint density at radius 2 is 1.33 bits per heavy atom. The van der Waals surface area contributed by atoms with E-state index in [1.54, 1.807) is 36.4 Å². The summed E-state index contributed by atoms with van der Waals surface area (Å²) in [7, 11) is 0. The molecule has 2 N–H and O–H groups in total. The topological polar surface area (TPSA) is 67.4 Å². The maximum absolute atomic E-state index is 13.6. The molecule has 0 unspecified atom stereocenters. The van der Waals surface area contributed by atoms with Crippen LogP contribution in [-0.2, 0) is 0 Å². The zero-order valence-electron chi connectivity index (χ0n) is 13.9. The van der Waals surface area contributed by atoms with Gasteiger partial charge < -0.3 is 10.1 Å². The van der Waals surface area contributed by atoms with Gasteiger partial charge in [0, 0.05) is 5.69 Å². The van der Waals surface area contributed by atoms with E-state index in [9.17, 15) is 18.4 Å². The van der Waals surface area contributed by atoms with Crippen LogP contribution in [-0.4, -0.2) is 11.9 Å². The zero-order valence-corrected chi connectivity index (χ0v) is 13.9. The second kappa shape index (κ2) is 8.09. The van der Waals surface area contributed by atoms with Gasteiger partial charge in [-0.05, 0) is 48.5 Å². The van der Waals surface area contributed by atoms with Crippen LogP contribution in [0.5, 0.6) is 11.5 Å². The number of hydrogen-bond donors (Lipinski definition) is 2. The standard InChI is InChI=1S/C20H14F2N2O3/c21-16-7-4-8-17(22)18(16)19(25)24-20(26)23-13-9-11-15(12-10-13)27-14-5-2-1-3-6-14/h1-12H,(H2,23,24,25,26). The van der Waals surface area contributed by atoms with E-state index in [0.717, 1.165) is 18.2 Å². The first-order valence-corrected chi connectivity index (χ1v) is 7.92. The molecule has 136 valence electrons. The summed E-state index contributed by atoms with van der Waals surface area (Å²) >= 11 is 0. The van der Waals surface area contributed by atoms with Crippen molar-refractivity contribution in [3.05, 3.63) is 90.0 Å². The lowest BCUT2D eigenvalue weighted by atomic mass is 10.2. The molecule has 0 aliphatic carbocycles. The fourth-order valence-electron chi connectivity index (χ4n) is 2.27. The number of halogens is 2. The number of rotatable bonds is 4. The lowest BCUT2D eigenvalue weighted by molar-refractivity contribution is 0.0959. The second-order valence-corrected chi connectivity index (χ2v) is 5.44. The van der Waals surface area contributed by atoms with Crippen LogP contribution in [0.2, 0.25) is 0 Å². The number of hydrogen-bond acceptors (Lipinski definition) is 3. The average molecular weight is 368 g/mol. The monoisotopic (exact) mass is 368 g/mol. The van der Waals surface area contributed by atoms with Crippen molar-refractivity contribution in [2.45, 2.75) is 0 Å². The van der Waals surface area contributed by atoms with Crippen LogP contribution in [0.25, 0.3) is 0 Å². The van der Waals surface area contributed by atoms with E-state index >= 15 is 0 Å². The fraction of sp³-hybridized carbons (Fsp3) is 0. The molecule has 0 saturated heterocycles. The Kier molecular flexibility index (Phi) is 5.41. The van der Waals surface area contributed by atoms with Crippen molar-refractivity contribution < 1.29 is 23.1 Å². The molecule has 0 radical (unpaired) electrons. The SMILES string of the molecule is O=C(NC(=O)c1c(F)cccc1F)Nc1ccc(Oc2ccccc2)cc1.